The summed E-state index contributed by atoms with van der Waals surface area (Å²) in [4.78, 5) is 21.5. The van der Waals surface area contributed by atoms with Gasteiger partial charge in [0, 0.05) is 25.0 Å². The summed E-state index contributed by atoms with van der Waals surface area (Å²) in [6.45, 7) is 31.7. The summed E-state index contributed by atoms with van der Waals surface area (Å²) >= 11 is 0. The van der Waals surface area contributed by atoms with Crippen LogP contribution in [0.4, 0.5) is 0 Å². The number of quaternary nitrogens is 2. The summed E-state index contributed by atoms with van der Waals surface area (Å²) in [6.07, 6.45) is 4.94. The van der Waals surface area contributed by atoms with E-state index in [0.717, 1.165) is 81.5 Å². The first-order chi connectivity index (χ1) is 30.2. The van der Waals surface area contributed by atoms with E-state index < -0.39 is 7.25 Å². The Bertz CT molecular complexity index is 1480. The van der Waals surface area contributed by atoms with E-state index in [2.05, 4.69) is 41.5 Å². The number of likely N-dealkylation sites (N-methyl/N-ethyl adjacent to an activating group) is 1. The number of ether oxygens (including phenoxy) is 8. The standard InChI is InChI=1S/C8H17BNO2.C7H6O2.2C7H14O2.C6H12O2.C5H7BNO4.C3H6BO2/c1-2-3-4-10-5-7-11-9(10)12-8-6-10;1-2-4-7-6(3-1)8-5-9-7;1-6-4-7(2,3)9-5-8-6;1-6(2)7(3,4)9-5-8-6;1-6(2)3-7-5-8-4-6;1-7-2-4(8)10-6(7)11-5(9)3-7;1-2-5-4-6-3-1/h2-8H2,1H3;1-4H,5H2;6H,4-5H2,1-3H3;5H2,1-4H3;3-5H2,1-2H3;2-3H2,1H3;1-3H2/q+1;;;;;+1;. The molecule has 1 aromatic rings. The molecule has 21 heteroatoms. The number of hydrogen-bond acceptors (Lipinski definition) is 16. The van der Waals surface area contributed by atoms with Crippen LogP contribution in [0.2, 0.25) is 0 Å². The van der Waals surface area contributed by atoms with Crippen LogP contribution in [0, 0.1) is 5.41 Å². The van der Waals surface area contributed by atoms with Gasteiger partial charge in [0.25, 0.3) is 0 Å². The molecule has 18 nitrogen and oxygen atoms in total. The lowest BCUT2D eigenvalue weighted by atomic mass is 9.90. The SMILES string of the molecule is CC1(C)COCOC1.CC1(C)OCOC1(C)C.CC1CC(C)(C)OCO1.CCCC[N+]12CCOB1OCC2.C[N+]12CC(=O)OB1OC(=O)C2.[B]1OCCCO1.c1ccc2c(c1)OCO2. The molecular formula is C43H76B3N2O16+2. The Balaban J connectivity index is 0.000000165. The Hall–Kier alpha value is -2.53. The molecule has 0 spiro atoms. The molecule has 1 radical (unpaired) electrons. The predicted octanol–water partition coefficient (Wildman–Crippen LogP) is 4.67. The van der Waals surface area contributed by atoms with Crippen molar-refractivity contribution < 1.29 is 84.2 Å². The summed E-state index contributed by atoms with van der Waals surface area (Å²) in [5.74, 6) is 1.09. The quantitative estimate of drug-likeness (QED) is 0.385. The highest BCUT2D eigenvalue weighted by Crippen LogP contribution is 2.34. The number of carbonyl (C=O) groups excluding carboxylic acids is 2. The van der Waals surface area contributed by atoms with Crippen molar-refractivity contribution in [1.82, 2.24) is 0 Å². The van der Waals surface area contributed by atoms with E-state index in [9.17, 15) is 9.59 Å². The first-order valence-corrected chi connectivity index (χ1v) is 22.6. The number of rotatable bonds is 3. The average molecular weight is 910 g/mol. The van der Waals surface area contributed by atoms with E-state index in [0.29, 0.717) is 33.3 Å². The van der Waals surface area contributed by atoms with Gasteiger partial charge in [0.2, 0.25) is 6.79 Å². The van der Waals surface area contributed by atoms with Gasteiger partial charge in [0.15, 0.2) is 24.6 Å². The Morgan fingerprint density at radius 3 is 1.62 bits per heavy atom. The number of fused-ring (bicyclic) bond motifs is 3. The topological polar surface area (TPSA) is 163 Å². The van der Waals surface area contributed by atoms with Crippen molar-refractivity contribution in [3.8, 4) is 11.5 Å². The molecule has 0 aliphatic carbocycles. The van der Waals surface area contributed by atoms with Gasteiger partial charge in [-0.3, -0.25) is 4.39 Å². The third-order valence-corrected chi connectivity index (χ3v) is 11.9. The Kier molecular flexibility index (Phi) is 21.1. The summed E-state index contributed by atoms with van der Waals surface area (Å²) < 4.78 is 72.8. The van der Waals surface area contributed by atoms with Gasteiger partial charge in [-0.1, -0.05) is 39.3 Å². The summed E-state index contributed by atoms with van der Waals surface area (Å²) in [5.41, 5.74) is -0.00405. The lowest BCUT2D eigenvalue weighted by Crippen LogP contribution is -2.52. The van der Waals surface area contributed by atoms with Crippen LogP contribution in [0.25, 0.3) is 0 Å². The molecule has 0 saturated carbocycles. The molecule has 0 amide bonds. The second kappa shape index (κ2) is 25.0. The fraction of sp³-hybridized carbons (Fsp3) is 0.814. The zero-order valence-electron chi connectivity index (χ0n) is 40.5. The largest absolute Gasteiger partial charge is 0.909 e. The summed E-state index contributed by atoms with van der Waals surface area (Å²) in [7, 11) is 2.55. The smallest absolute Gasteiger partial charge is 0.454 e. The minimum absolute atomic E-state index is 0.0255. The summed E-state index contributed by atoms with van der Waals surface area (Å²) in [6, 6.07) is 7.63. The zero-order chi connectivity index (χ0) is 46.9. The lowest BCUT2D eigenvalue weighted by Gasteiger charge is -2.33. The van der Waals surface area contributed by atoms with Crippen LogP contribution in [0.3, 0.4) is 0 Å². The second-order valence-corrected chi connectivity index (χ2v) is 19.5. The normalized spacial score (nSPS) is 26.1. The van der Waals surface area contributed by atoms with Crippen molar-refractivity contribution in [1.29, 1.82) is 0 Å². The molecule has 1 unspecified atom stereocenters. The third kappa shape index (κ3) is 17.3. The van der Waals surface area contributed by atoms with Crippen LogP contribution in [0.5, 0.6) is 11.5 Å². The summed E-state index contributed by atoms with van der Waals surface area (Å²) in [5, 5.41) is 0. The molecule has 10 rings (SSSR count). The second-order valence-electron chi connectivity index (χ2n) is 19.5. The minimum atomic E-state index is -0.685. The highest BCUT2D eigenvalue weighted by atomic mass is 16.7. The minimum Gasteiger partial charge on any atom is -0.454 e. The van der Waals surface area contributed by atoms with Gasteiger partial charge in [-0.15, -0.1) is 0 Å². The van der Waals surface area contributed by atoms with E-state index in [1.54, 1.807) is 7.05 Å². The first kappa shape index (κ1) is 54.1. The fourth-order valence-electron chi connectivity index (χ4n) is 7.28. The van der Waals surface area contributed by atoms with Crippen molar-refractivity contribution in [2.24, 2.45) is 5.41 Å². The molecule has 9 aliphatic heterocycles. The molecule has 0 aromatic heterocycles. The van der Waals surface area contributed by atoms with Gasteiger partial charge in [0.05, 0.1) is 76.0 Å². The van der Waals surface area contributed by atoms with Crippen LogP contribution < -0.4 is 9.47 Å². The lowest BCUT2D eigenvalue weighted by molar-refractivity contribution is -0.815. The van der Waals surface area contributed by atoms with Crippen molar-refractivity contribution in [3.63, 3.8) is 0 Å². The number of carbonyl (C=O) groups is 2. The van der Waals surface area contributed by atoms with Crippen molar-refractivity contribution >= 4 is 34.1 Å². The predicted molar refractivity (Wildman–Crippen MR) is 237 cm³/mol. The van der Waals surface area contributed by atoms with Crippen molar-refractivity contribution in [3.05, 3.63) is 24.3 Å². The Morgan fingerprint density at radius 1 is 0.719 bits per heavy atom. The van der Waals surface area contributed by atoms with Crippen molar-refractivity contribution in [2.75, 3.05) is 107 Å². The van der Waals surface area contributed by atoms with Crippen molar-refractivity contribution in [2.45, 2.75) is 118 Å². The number of benzene rings is 1. The molecule has 361 valence electrons. The molecule has 1 aromatic carbocycles. The molecular weight excluding hydrogens is 833 g/mol. The van der Waals surface area contributed by atoms with Crippen LogP contribution in [-0.4, -0.2) is 172 Å². The number of hydrogen-bond donors (Lipinski definition) is 0. The van der Waals surface area contributed by atoms with Gasteiger partial charge in [0.1, 0.15) is 20.4 Å². The van der Waals surface area contributed by atoms with Gasteiger partial charge in [-0.25, -0.2) is 9.59 Å². The number of unbranched alkanes of at least 4 members (excludes halogenated alkanes) is 1. The van der Waals surface area contributed by atoms with E-state index in [-0.39, 0.29) is 58.9 Å². The van der Waals surface area contributed by atoms with E-state index in [1.165, 1.54) is 27.1 Å². The monoisotopic (exact) mass is 910 g/mol. The van der Waals surface area contributed by atoms with Crippen LogP contribution in [-0.2, 0) is 65.9 Å². The first-order valence-electron chi connectivity index (χ1n) is 22.6. The van der Waals surface area contributed by atoms with Crippen LogP contribution in [0.1, 0.15) is 94.9 Å². The van der Waals surface area contributed by atoms with Crippen LogP contribution >= 0.6 is 0 Å². The molecule has 8 saturated heterocycles. The fourth-order valence-corrected chi connectivity index (χ4v) is 7.28. The maximum atomic E-state index is 10.7. The maximum Gasteiger partial charge on any atom is 0.909 e. The highest BCUT2D eigenvalue weighted by Gasteiger charge is 2.65. The van der Waals surface area contributed by atoms with Gasteiger partial charge < -0.3 is 70.2 Å². The molecule has 9 heterocycles. The molecule has 1 atom stereocenters. The molecule has 0 bridgehead atoms. The van der Waals surface area contributed by atoms with Gasteiger partial charge in [-0.05, 0) is 73.4 Å². The molecule has 0 N–H and O–H groups in total. The molecule has 64 heavy (non-hydrogen) atoms. The van der Waals surface area contributed by atoms with Gasteiger partial charge in [-0.2, -0.15) is 0 Å². The van der Waals surface area contributed by atoms with E-state index >= 15 is 0 Å². The maximum absolute atomic E-state index is 10.7. The number of para-hydroxylation sites is 2. The molecule has 9 aliphatic rings. The van der Waals surface area contributed by atoms with Gasteiger partial charge >= 0.3 is 34.1 Å². The van der Waals surface area contributed by atoms with Crippen LogP contribution in [0.15, 0.2) is 24.3 Å². The van der Waals surface area contributed by atoms with E-state index in [4.69, 9.17) is 65.8 Å². The average Bonchev–Trinajstić information content (AvgIpc) is 4.08. The van der Waals surface area contributed by atoms with E-state index in [1.807, 2.05) is 52.0 Å². The Labute approximate surface area is 383 Å². The highest BCUT2D eigenvalue weighted by molar-refractivity contribution is 6.45. The zero-order valence-corrected chi connectivity index (χ0v) is 40.5. The molecule has 8 fully saturated rings. The Morgan fingerprint density at radius 2 is 1.27 bits per heavy atom. The third-order valence-electron chi connectivity index (χ3n) is 11.9. The number of nitrogens with zero attached hydrogens (tertiary/aromatic N) is 2.